The van der Waals surface area contributed by atoms with Gasteiger partial charge in [-0.1, -0.05) is 43.2 Å². The molecule has 0 spiro atoms. The van der Waals surface area contributed by atoms with Gasteiger partial charge in [-0.3, -0.25) is 10.1 Å². The number of aryl methyl sites for hydroxylation is 2. The topological polar surface area (TPSA) is 86.1 Å². The highest BCUT2D eigenvalue weighted by Gasteiger charge is 2.24. The van der Waals surface area contributed by atoms with Crippen molar-refractivity contribution in [2.24, 2.45) is 0 Å². The zero-order chi connectivity index (χ0) is 21.9. The third kappa shape index (κ3) is 4.50. The van der Waals surface area contributed by atoms with Crippen molar-refractivity contribution in [2.75, 3.05) is 5.32 Å². The fraction of sp³-hybridized carbons (Fsp3) is 0.391. The van der Waals surface area contributed by atoms with Crippen LogP contribution in [-0.2, 0) is 11.3 Å². The molecule has 0 saturated carbocycles. The molecular weight excluding hydrogens is 380 g/mol. The standard InChI is InChI=1S/C23H28N4O3/c1-6-7-12-27-17(13-28)18(16-10-8-15(2)9-11-16)19-20(24-14-25-21(19)27)26-22(29)30-23(3,4)5/h8-11,13-14H,6-7,12H2,1-5H3,(H,24,25,26,29). The SMILES string of the molecule is CCCCn1c(C=O)c(-c2ccc(C)cc2)c2c(NC(=O)OC(C)(C)C)ncnc21. The van der Waals surface area contributed by atoms with E-state index in [1.165, 1.54) is 6.33 Å². The fourth-order valence-electron chi connectivity index (χ4n) is 3.36. The van der Waals surface area contributed by atoms with Crippen molar-refractivity contribution in [3.63, 3.8) is 0 Å². The van der Waals surface area contributed by atoms with Crippen molar-refractivity contribution in [1.82, 2.24) is 14.5 Å². The molecule has 0 aliphatic heterocycles. The Balaban J connectivity index is 2.23. The Morgan fingerprint density at radius 2 is 1.90 bits per heavy atom. The van der Waals surface area contributed by atoms with E-state index in [0.29, 0.717) is 34.7 Å². The third-order valence-electron chi connectivity index (χ3n) is 4.69. The van der Waals surface area contributed by atoms with Gasteiger partial charge >= 0.3 is 6.09 Å². The van der Waals surface area contributed by atoms with E-state index in [-0.39, 0.29) is 0 Å². The van der Waals surface area contributed by atoms with E-state index < -0.39 is 11.7 Å². The van der Waals surface area contributed by atoms with Crippen molar-refractivity contribution in [2.45, 2.75) is 59.6 Å². The van der Waals surface area contributed by atoms with Crippen LogP contribution < -0.4 is 5.32 Å². The summed E-state index contributed by atoms with van der Waals surface area (Å²) >= 11 is 0. The first-order valence-corrected chi connectivity index (χ1v) is 10.1. The number of aromatic nitrogens is 3. The Hall–Kier alpha value is -3.22. The number of carbonyl (C=O) groups excluding carboxylic acids is 2. The van der Waals surface area contributed by atoms with Crippen LogP contribution in [0.3, 0.4) is 0 Å². The Labute approximate surface area is 176 Å². The van der Waals surface area contributed by atoms with Crippen LogP contribution in [0.2, 0.25) is 0 Å². The number of aldehydes is 1. The van der Waals surface area contributed by atoms with Gasteiger partial charge in [0.2, 0.25) is 0 Å². The summed E-state index contributed by atoms with van der Waals surface area (Å²) in [5.41, 5.74) is 3.19. The number of anilines is 1. The van der Waals surface area contributed by atoms with Gasteiger partial charge in [0.05, 0.1) is 11.1 Å². The predicted octanol–water partition coefficient (Wildman–Crippen LogP) is 5.37. The Morgan fingerprint density at radius 3 is 2.50 bits per heavy atom. The molecule has 1 N–H and O–H groups in total. The van der Waals surface area contributed by atoms with Crippen LogP contribution >= 0.6 is 0 Å². The van der Waals surface area contributed by atoms with Gasteiger partial charge < -0.3 is 9.30 Å². The molecule has 0 aliphatic carbocycles. The lowest BCUT2D eigenvalue weighted by Crippen LogP contribution is -2.27. The number of hydrogen-bond acceptors (Lipinski definition) is 5. The lowest BCUT2D eigenvalue weighted by Gasteiger charge is -2.19. The molecule has 7 heteroatoms. The summed E-state index contributed by atoms with van der Waals surface area (Å²) < 4.78 is 7.30. The summed E-state index contributed by atoms with van der Waals surface area (Å²) in [5.74, 6) is 0.322. The van der Waals surface area contributed by atoms with E-state index in [1.807, 2.05) is 35.8 Å². The summed E-state index contributed by atoms with van der Waals surface area (Å²) in [6.45, 7) is 10.1. The number of nitrogens with zero attached hydrogens (tertiary/aromatic N) is 3. The van der Waals surface area contributed by atoms with Crippen LogP contribution in [0.1, 0.15) is 56.6 Å². The number of rotatable bonds is 6. The average molecular weight is 409 g/mol. The zero-order valence-electron chi connectivity index (χ0n) is 18.2. The number of amides is 1. The van der Waals surface area contributed by atoms with Gasteiger partial charge in [0, 0.05) is 12.1 Å². The minimum absolute atomic E-state index is 0.322. The van der Waals surface area contributed by atoms with Crippen LogP contribution in [0.4, 0.5) is 10.6 Å². The first-order valence-electron chi connectivity index (χ1n) is 10.1. The quantitative estimate of drug-likeness (QED) is 0.554. The van der Waals surface area contributed by atoms with Gasteiger partial charge in [0.1, 0.15) is 23.4 Å². The van der Waals surface area contributed by atoms with E-state index in [2.05, 4.69) is 22.2 Å². The second-order valence-corrected chi connectivity index (χ2v) is 8.30. The molecule has 1 aromatic carbocycles. The van der Waals surface area contributed by atoms with Gasteiger partial charge in [0.15, 0.2) is 6.29 Å². The van der Waals surface area contributed by atoms with E-state index in [0.717, 1.165) is 30.3 Å². The number of ether oxygens (including phenoxy) is 1. The highest BCUT2D eigenvalue weighted by molar-refractivity contribution is 6.10. The van der Waals surface area contributed by atoms with Gasteiger partial charge in [-0.25, -0.2) is 14.8 Å². The second-order valence-electron chi connectivity index (χ2n) is 8.30. The summed E-state index contributed by atoms with van der Waals surface area (Å²) in [5, 5.41) is 3.37. The lowest BCUT2D eigenvalue weighted by molar-refractivity contribution is 0.0635. The molecule has 1 amide bonds. The van der Waals surface area contributed by atoms with Crippen molar-refractivity contribution in [3.05, 3.63) is 41.9 Å². The van der Waals surface area contributed by atoms with Gasteiger partial charge in [-0.05, 0) is 39.7 Å². The molecule has 0 radical (unpaired) electrons. The summed E-state index contributed by atoms with van der Waals surface area (Å²) in [6.07, 6.45) is 3.52. The monoisotopic (exact) mass is 408 g/mol. The Kier molecular flexibility index (Phi) is 6.20. The molecule has 30 heavy (non-hydrogen) atoms. The number of hydrogen-bond donors (Lipinski definition) is 1. The number of nitrogens with one attached hydrogen (secondary N) is 1. The minimum atomic E-state index is -0.642. The molecule has 158 valence electrons. The summed E-state index contributed by atoms with van der Waals surface area (Å²) in [6, 6.07) is 7.91. The maximum absolute atomic E-state index is 12.4. The zero-order valence-corrected chi connectivity index (χ0v) is 18.2. The molecule has 2 aromatic heterocycles. The molecule has 0 aliphatic rings. The minimum Gasteiger partial charge on any atom is -0.444 e. The highest BCUT2D eigenvalue weighted by Crippen LogP contribution is 2.37. The third-order valence-corrected chi connectivity index (χ3v) is 4.69. The number of unbranched alkanes of at least 4 members (excludes halogenated alkanes) is 1. The average Bonchev–Trinajstić information content (AvgIpc) is 3.00. The van der Waals surface area contributed by atoms with Crippen molar-refractivity contribution < 1.29 is 14.3 Å². The van der Waals surface area contributed by atoms with Crippen LogP contribution in [0.25, 0.3) is 22.2 Å². The molecule has 7 nitrogen and oxygen atoms in total. The molecular formula is C23H28N4O3. The number of fused-ring (bicyclic) bond motifs is 1. The first kappa shape index (κ1) is 21.5. The maximum atomic E-state index is 12.4. The largest absolute Gasteiger partial charge is 0.444 e. The molecule has 0 unspecified atom stereocenters. The van der Waals surface area contributed by atoms with Gasteiger partial charge in [0.25, 0.3) is 0 Å². The van der Waals surface area contributed by atoms with Crippen molar-refractivity contribution in [3.8, 4) is 11.1 Å². The van der Waals surface area contributed by atoms with Gasteiger partial charge in [-0.15, -0.1) is 0 Å². The lowest BCUT2D eigenvalue weighted by atomic mass is 10.0. The summed E-state index contributed by atoms with van der Waals surface area (Å²) in [4.78, 5) is 33.3. The van der Waals surface area contributed by atoms with Gasteiger partial charge in [-0.2, -0.15) is 0 Å². The summed E-state index contributed by atoms with van der Waals surface area (Å²) in [7, 11) is 0. The molecule has 3 rings (SSSR count). The predicted molar refractivity (Wildman–Crippen MR) is 118 cm³/mol. The normalized spacial score (nSPS) is 11.5. The maximum Gasteiger partial charge on any atom is 0.413 e. The molecule has 0 atom stereocenters. The molecule has 3 aromatic rings. The number of carbonyl (C=O) groups is 2. The van der Waals surface area contributed by atoms with Crippen molar-refractivity contribution in [1.29, 1.82) is 0 Å². The van der Waals surface area contributed by atoms with Crippen LogP contribution in [0, 0.1) is 6.92 Å². The molecule has 0 bridgehead atoms. The van der Waals surface area contributed by atoms with Crippen LogP contribution in [-0.4, -0.2) is 32.5 Å². The number of benzene rings is 1. The molecule has 0 fully saturated rings. The second kappa shape index (κ2) is 8.65. The van der Waals surface area contributed by atoms with E-state index in [4.69, 9.17) is 4.74 Å². The van der Waals surface area contributed by atoms with E-state index in [1.54, 1.807) is 20.8 Å². The fourth-order valence-corrected chi connectivity index (χ4v) is 3.36. The van der Waals surface area contributed by atoms with Crippen LogP contribution in [0.5, 0.6) is 0 Å². The van der Waals surface area contributed by atoms with E-state index in [9.17, 15) is 9.59 Å². The first-order chi connectivity index (χ1) is 14.2. The van der Waals surface area contributed by atoms with Crippen molar-refractivity contribution >= 4 is 29.2 Å². The Bertz CT molecular complexity index is 1060. The smallest absolute Gasteiger partial charge is 0.413 e. The molecule has 2 heterocycles. The van der Waals surface area contributed by atoms with Crippen LogP contribution in [0.15, 0.2) is 30.6 Å². The molecule has 0 saturated heterocycles. The van der Waals surface area contributed by atoms with E-state index >= 15 is 0 Å². The Morgan fingerprint density at radius 1 is 1.20 bits per heavy atom. The highest BCUT2D eigenvalue weighted by atomic mass is 16.6.